The van der Waals surface area contributed by atoms with Crippen molar-refractivity contribution in [3.05, 3.63) is 0 Å². The lowest BCUT2D eigenvalue weighted by molar-refractivity contribution is 0.179. The van der Waals surface area contributed by atoms with Crippen LogP contribution in [0.1, 0.15) is 41.5 Å². The largest absolute Gasteiger partial charge is 0.0746 e. The van der Waals surface area contributed by atoms with E-state index in [-0.39, 0.29) is 10.7 Å². The summed E-state index contributed by atoms with van der Waals surface area (Å²) in [4.78, 5) is 0. The molecule has 0 atom stereocenters. The molecule has 10 heavy (non-hydrogen) atoms. The number of hydrogen-bond donors (Lipinski definition) is 0. The molecule has 0 saturated heterocycles. The molecule has 0 aromatic rings. The first-order valence-electron chi connectivity index (χ1n) is 3.98. The van der Waals surface area contributed by atoms with Crippen LogP contribution in [0.4, 0.5) is 0 Å². The molecule has 0 N–H and O–H groups in total. The number of hydrogen-bond acceptors (Lipinski definition) is 0. The molecule has 58 valence electrons. The van der Waals surface area contributed by atoms with Gasteiger partial charge >= 0.3 is 0 Å². The summed E-state index contributed by atoms with van der Waals surface area (Å²) in [5.74, 6) is 0.632. The van der Waals surface area contributed by atoms with Gasteiger partial charge in [0.25, 0.3) is 0 Å². The van der Waals surface area contributed by atoms with Crippen molar-refractivity contribution in [2.75, 3.05) is 0 Å². The standard InChI is InChI=1S/C9H19B/c1-7(2)8(3,4)9(5,6)10/h7H,1-6H3. The van der Waals surface area contributed by atoms with Gasteiger partial charge in [-0.15, -0.1) is 0 Å². The molecule has 0 aromatic carbocycles. The first-order valence-corrected chi connectivity index (χ1v) is 3.98. The molecule has 0 rings (SSSR count). The molecule has 0 aliphatic rings. The average Bonchev–Trinajstić information content (AvgIpc) is 1.62. The van der Waals surface area contributed by atoms with Crippen molar-refractivity contribution in [3.63, 3.8) is 0 Å². The Morgan fingerprint density at radius 2 is 1.30 bits per heavy atom. The van der Waals surface area contributed by atoms with E-state index in [4.69, 9.17) is 7.85 Å². The third-order valence-corrected chi connectivity index (χ3v) is 3.10. The second kappa shape index (κ2) is 2.60. The highest BCUT2D eigenvalue weighted by molar-refractivity contribution is 6.15. The van der Waals surface area contributed by atoms with Crippen molar-refractivity contribution < 1.29 is 0 Å². The topological polar surface area (TPSA) is 0 Å². The molecule has 2 radical (unpaired) electrons. The fourth-order valence-corrected chi connectivity index (χ4v) is 0.744. The molecular formula is C9H19B. The van der Waals surface area contributed by atoms with Crippen molar-refractivity contribution in [2.24, 2.45) is 11.3 Å². The fourth-order valence-electron chi connectivity index (χ4n) is 0.744. The summed E-state index contributed by atoms with van der Waals surface area (Å²) in [6, 6.07) is 0. The minimum absolute atomic E-state index is 0.0822. The molecule has 0 saturated carbocycles. The van der Waals surface area contributed by atoms with E-state index < -0.39 is 0 Å². The van der Waals surface area contributed by atoms with Gasteiger partial charge in [-0.3, -0.25) is 0 Å². The van der Waals surface area contributed by atoms with Crippen LogP contribution in [-0.4, -0.2) is 7.85 Å². The van der Waals surface area contributed by atoms with E-state index in [9.17, 15) is 0 Å². The van der Waals surface area contributed by atoms with Gasteiger partial charge in [-0.05, 0) is 11.3 Å². The Kier molecular flexibility index (Phi) is 2.61. The van der Waals surface area contributed by atoms with Crippen molar-refractivity contribution in [1.29, 1.82) is 0 Å². The van der Waals surface area contributed by atoms with E-state index in [1.807, 2.05) is 0 Å². The van der Waals surface area contributed by atoms with Crippen LogP contribution in [0.2, 0.25) is 5.31 Å². The predicted molar refractivity (Wildman–Crippen MR) is 48.4 cm³/mol. The van der Waals surface area contributed by atoms with Crippen LogP contribution >= 0.6 is 0 Å². The Bertz CT molecular complexity index is 106. The smallest absolute Gasteiger partial charge is 0.0674 e. The predicted octanol–water partition coefficient (Wildman–Crippen LogP) is 3.04. The molecule has 0 nitrogen and oxygen atoms in total. The summed E-state index contributed by atoms with van der Waals surface area (Å²) in [6.45, 7) is 13.1. The van der Waals surface area contributed by atoms with Crippen LogP contribution in [0.25, 0.3) is 0 Å². The zero-order valence-electron chi connectivity index (χ0n) is 8.15. The molecule has 0 bridgehead atoms. The highest BCUT2D eigenvalue weighted by atomic mass is 14.4. The van der Waals surface area contributed by atoms with Crippen LogP contribution in [0.3, 0.4) is 0 Å². The van der Waals surface area contributed by atoms with Crippen molar-refractivity contribution in [1.82, 2.24) is 0 Å². The van der Waals surface area contributed by atoms with Crippen LogP contribution in [-0.2, 0) is 0 Å². The average molecular weight is 138 g/mol. The van der Waals surface area contributed by atoms with Gasteiger partial charge in [-0.25, -0.2) is 0 Å². The van der Waals surface area contributed by atoms with Crippen LogP contribution < -0.4 is 0 Å². The highest BCUT2D eigenvalue weighted by Crippen LogP contribution is 2.47. The summed E-state index contributed by atoms with van der Waals surface area (Å²) in [5, 5.41) is -0.0822. The molecule has 0 aliphatic carbocycles. The third-order valence-electron chi connectivity index (χ3n) is 3.10. The van der Waals surface area contributed by atoms with E-state index >= 15 is 0 Å². The lowest BCUT2D eigenvalue weighted by Crippen LogP contribution is -2.31. The summed E-state index contributed by atoms with van der Waals surface area (Å²) in [7, 11) is 6.01. The summed E-state index contributed by atoms with van der Waals surface area (Å²) >= 11 is 0. The maximum atomic E-state index is 6.01. The molecule has 0 amide bonds. The maximum absolute atomic E-state index is 6.01. The Morgan fingerprint density at radius 1 is 1.00 bits per heavy atom. The number of rotatable bonds is 2. The van der Waals surface area contributed by atoms with Gasteiger partial charge in [0.05, 0.1) is 7.85 Å². The minimum Gasteiger partial charge on any atom is -0.0674 e. The maximum Gasteiger partial charge on any atom is 0.0746 e. The molecule has 1 heteroatoms. The van der Waals surface area contributed by atoms with E-state index in [1.165, 1.54) is 0 Å². The van der Waals surface area contributed by atoms with E-state index in [1.54, 1.807) is 0 Å². The lowest BCUT2D eigenvalue weighted by Gasteiger charge is -2.43. The Balaban J connectivity index is 4.40. The summed E-state index contributed by atoms with van der Waals surface area (Å²) in [6.07, 6.45) is 0. The molecule has 0 fully saturated rings. The Hall–Kier alpha value is 0.0649. The van der Waals surface area contributed by atoms with Gasteiger partial charge in [-0.2, -0.15) is 0 Å². The van der Waals surface area contributed by atoms with Gasteiger partial charge in [0.1, 0.15) is 0 Å². The zero-order valence-corrected chi connectivity index (χ0v) is 8.15. The molecule has 0 aromatic heterocycles. The second-order valence-corrected chi connectivity index (χ2v) is 4.60. The van der Waals surface area contributed by atoms with Crippen LogP contribution in [0.15, 0.2) is 0 Å². The lowest BCUT2D eigenvalue weighted by atomic mass is 9.52. The quantitative estimate of drug-likeness (QED) is 0.514. The highest BCUT2D eigenvalue weighted by Gasteiger charge is 2.34. The molecule has 0 heterocycles. The first-order chi connectivity index (χ1) is 4.19. The minimum atomic E-state index is -0.0822. The van der Waals surface area contributed by atoms with Crippen molar-refractivity contribution >= 4 is 7.85 Å². The van der Waals surface area contributed by atoms with Gasteiger partial charge in [0.2, 0.25) is 0 Å². The normalized spacial score (nSPS) is 14.3. The summed E-state index contributed by atoms with van der Waals surface area (Å²) < 4.78 is 0. The second-order valence-electron chi connectivity index (χ2n) is 4.60. The van der Waals surface area contributed by atoms with Crippen LogP contribution in [0, 0.1) is 11.3 Å². The van der Waals surface area contributed by atoms with E-state index in [0.29, 0.717) is 5.92 Å². The summed E-state index contributed by atoms with van der Waals surface area (Å²) in [5.41, 5.74) is 0.215. The van der Waals surface area contributed by atoms with Crippen molar-refractivity contribution in [2.45, 2.75) is 46.9 Å². The molecule has 0 unspecified atom stereocenters. The van der Waals surface area contributed by atoms with Gasteiger partial charge in [-0.1, -0.05) is 46.9 Å². The Labute approximate surface area is 66.8 Å². The van der Waals surface area contributed by atoms with Gasteiger partial charge in [0.15, 0.2) is 0 Å². The molecule has 0 aliphatic heterocycles. The monoisotopic (exact) mass is 138 g/mol. The van der Waals surface area contributed by atoms with Gasteiger partial charge < -0.3 is 0 Å². The van der Waals surface area contributed by atoms with Crippen molar-refractivity contribution in [3.8, 4) is 0 Å². The fraction of sp³-hybridized carbons (Fsp3) is 1.00. The molecule has 0 spiro atoms. The van der Waals surface area contributed by atoms with Crippen LogP contribution in [0.5, 0.6) is 0 Å². The third kappa shape index (κ3) is 1.77. The van der Waals surface area contributed by atoms with Gasteiger partial charge in [0, 0.05) is 0 Å². The SMILES string of the molecule is [B]C(C)(C)C(C)(C)C(C)C. The molecular weight excluding hydrogens is 119 g/mol. The first kappa shape index (κ1) is 10.1. The van der Waals surface area contributed by atoms with E-state index in [0.717, 1.165) is 0 Å². The zero-order chi connectivity index (χ0) is 8.58. The Morgan fingerprint density at radius 3 is 1.30 bits per heavy atom. The van der Waals surface area contributed by atoms with E-state index in [2.05, 4.69) is 41.5 Å².